The smallest absolute Gasteiger partial charge is 0.379 e. The number of hydrazine groups is 1. The molecule has 1 heterocycles. The van der Waals surface area contributed by atoms with Gasteiger partial charge in [0.05, 0.1) is 19.4 Å². The highest BCUT2D eigenvalue weighted by atomic mass is 28.4. The molecule has 0 bridgehead atoms. The Bertz CT molecular complexity index is 166. The predicted molar refractivity (Wildman–Crippen MR) is 57.2 cm³/mol. The lowest BCUT2D eigenvalue weighted by Crippen LogP contribution is -2.57. The van der Waals surface area contributed by atoms with Crippen LogP contribution in [0.1, 0.15) is 0 Å². The molecule has 15 heavy (non-hydrogen) atoms. The number of nitrogens with zero attached hydrogens (tertiary/aromatic N) is 1. The molecule has 0 aromatic heterocycles. The fourth-order valence-electron chi connectivity index (χ4n) is 1.40. The van der Waals surface area contributed by atoms with Crippen molar-refractivity contribution in [3.63, 3.8) is 0 Å². The predicted octanol–water partition coefficient (Wildman–Crippen LogP) is -0.759. The third-order valence-electron chi connectivity index (χ3n) is 2.46. The first kappa shape index (κ1) is 13.0. The maximum Gasteiger partial charge on any atom is 0.516 e. The number of morpholine rings is 1. The molecule has 0 aliphatic carbocycles. The van der Waals surface area contributed by atoms with Gasteiger partial charge in [0.25, 0.3) is 0 Å². The van der Waals surface area contributed by atoms with Crippen LogP contribution in [0.5, 0.6) is 0 Å². The third kappa shape index (κ3) is 3.80. The lowest BCUT2D eigenvalue weighted by molar-refractivity contribution is 0.00952. The molecule has 6 nitrogen and oxygen atoms in total. The lowest BCUT2D eigenvalue weighted by Gasteiger charge is -2.31. The molecule has 0 saturated carbocycles. The van der Waals surface area contributed by atoms with Crippen LogP contribution in [0.3, 0.4) is 0 Å². The molecule has 0 atom stereocenters. The summed E-state index contributed by atoms with van der Waals surface area (Å²) in [5, 5.41) is 2.10. The van der Waals surface area contributed by atoms with Crippen LogP contribution in [0.25, 0.3) is 0 Å². The Balaban J connectivity index is 2.31. The largest absolute Gasteiger partial charge is 0.516 e. The zero-order valence-corrected chi connectivity index (χ0v) is 10.6. The van der Waals surface area contributed by atoms with Crippen LogP contribution in [0.2, 0.25) is 0 Å². The van der Waals surface area contributed by atoms with Crippen molar-refractivity contribution in [2.45, 2.75) is 0 Å². The average Bonchev–Trinajstić information content (AvgIpc) is 2.33. The van der Waals surface area contributed by atoms with Gasteiger partial charge in [0.15, 0.2) is 0 Å². The van der Waals surface area contributed by atoms with Gasteiger partial charge in [0, 0.05) is 34.4 Å². The van der Waals surface area contributed by atoms with Crippen molar-refractivity contribution in [2.75, 3.05) is 53.8 Å². The SMILES string of the molecule is CO[Si](CNN1CCOCC1)(OC)OC. The van der Waals surface area contributed by atoms with Gasteiger partial charge in [0.1, 0.15) is 0 Å². The molecule has 0 spiro atoms. The minimum absolute atomic E-state index is 0.580. The topological polar surface area (TPSA) is 52.2 Å². The fraction of sp³-hybridized carbons (Fsp3) is 1.00. The van der Waals surface area contributed by atoms with Crippen molar-refractivity contribution in [1.29, 1.82) is 0 Å². The molecule has 7 heteroatoms. The van der Waals surface area contributed by atoms with Gasteiger partial charge in [-0.3, -0.25) is 5.43 Å². The van der Waals surface area contributed by atoms with Crippen LogP contribution in [-0.4, -0.2) is 67.6 Å². The van der Waals surface area contributed by atoms with Gasteiger partial charge in [0.2, 0.25) is 0 Å². The molecule has 1 aliphatic heterocycles. The quantitative estimate of drug-likeness (QED) is 0.612. The maximum absolute atomic E-state index is 5.30. The fourth-order valence-corrected chi connectivity index (χ4v) is 2.75. The first-order valence-corrected chi connectivity index (χ1v) is 6.91. The second-order valence-corrected chi connectivity index (χ2v) is 6.17. The van der Waals surface area contributed by atoms with E-state index in [0.717, 1.165) is 26.3 Å². The Morgan fingerprint density at radius 1 is 1.13 bits per heavy atom. The molecule has 1 N–H and O–H groups in total. The molecule has 1 aliphatic rings. The summed E-state index contributed by atoms with van der Waals surface area (Å²) < 4.78 is 21.2. The van der Waals surface area contributed by atoms with E-state index in [9.17, 15) is 0 Å². The molecule has 0 aromatic carbocycles. The number of nitrogens with one attached hydrogen (secondary N) is 1. The van der Waals surface area contributed by atoms with Crippen molar-refractivity contribution in [3.05, 3.63) is 0 Å². The van der Waals surface area contributed by atoms with Crippen molar-refractivity contribution in [1.82, 2.24) is 10.4 Å². The second-order valence-electron chi connectivity index (χ2n) is 3.23. The highest BCUT2D eigenvalue weighted by Gasteiger charge is 2.38. The molecule has 0 unspecified atom stereocenters. The van der Waals surface area contributed by atoms with E-state index in [4.69, 9.17) is 18.0 Å². The number of ether oxygens (including phenoxy) is 1. The molecular formula is C8H20N2O4Si. The van der Waals surface area contributed by atoms with Gasteiger partial charge in [-0.25, -0.2) is 5.01 Å². The minimum Gasteiger partial charge on any atom is -0.379 e. The van der Waals surface area contributed by atoms with E-state index in [1.54, 1.807) is 21.3 Å². The number of rotatable bonds is 6. The van der Waals surface area contributed by atoms with E-state index >= 15 is 0 Å². The molecule has 0 aromatic rings. The van der Waals surface area contributed by atoms with E-state index in [1.807, 2.05) is 0 Å². The van der Waals surface area contributed by atoms with Crippen LogP contribution >= 0.6 is 0 Å². The zero-order chi connectivity index (χ0) is 11.1. The Morgan fingerprint density at radius 3 is 2.13 bits per heavy atom. The van der Waals surface area contributed by atoms with Crippen molar-refractivity contribution >= 4 is 8.80 Å². The summed E-state index contributed by atoms with van der Waals surface area (Å²) in [6, 6.07) is 0. The Kier molecular flexibility index (Phi) is 5.68. The summed E-state index contributed by atoms with van der Waals surface area (Å²) in [7, 11) is 2.34. The van der Waals surface area contributed by atoms with Gasteiger partial charge in [-0.05, 0) is 0 Å². The van der Waals surface area contributed by atoms with Gasteiger partial charge >= 0.3 is 8.80 Å². The van der Waals surface area contributed by atoms with E-state index in [0.29, 0.717) is 6.17 Å². The van der Waals surface area contributed by atoms with Crippen LogP contribution in [0, 0.1) is 0 Å². The monoisotopic (exact) mass is 236 g/mol. The summed E-state index contributed by atoms with van der Waals surface area (Å²) in [6.07, 6.45) is 0.580. The van der Waals surface area contributed by atoms with Gasteiger partial charge in [-0.1, -0.05) is 0 Å². The maximum atomic E-state index is 5.30. The van der Waals surface area contributed by atoms with Crippen LogP contribution < -0.4 is 5.43 Å². The Morgan fingerprint density at radius 2 is 1.67 bits per heavy atom. The summed E-state index contributed by atoms with van der Waals surface area (Å²) >= 11 is 0. The highest BCUT2D eigenvalue weighted by molar-refractivity contribution is 6.60. The first-order valence-electron chi connectivity index (χ1n) is 4.98. The Labute approximate surface area is 91.8 Å². The van der Waals surface area contributed by atoms with Crippen LogP contribution in [0.4, 0.5) is 0 Å². The van der Waals surface area contributed by atoms with Crippen LogP contribution in [-0.2, 0) is 18.0 Å². The van der Waals surface area contributed by atoms with Crippen molar-refractivity contribution in [2.24, 2.45) is 0 Å². The molecule has 1 fully saturated rings. The standard InChI is InChI=1S/C8H20N2O4Si/c1-11-15(12-2,13-3)8-9-10-4-6-14-7-5-10/h9H,4-8H2,1-3H3. The van der Waals surface area contributed by atoms with E-state index in [1.165, 1.54) is 0 Å². The molecule has 90 valence electrons. The minimum atomic E-state index is -2.49. The van der Waals surface area contributed by atoms with Gasteiger partial charge in [-0.15, -0.1) is 0 Å². The van der Waals surface area contributed by atoms with Gasteiger partial charge in [-0.2, -0.15) is 0 Å². The molecule has 0 radical (unpaired) electrons. The Hall–Kier alpha value is -0.0231. The summed E-state index contributed by atoms with van der Waals surface area (Å²) in [5.41, 5.74) is 3.26. The van der Waals surface area contributed by atoms with E-state index < -0.39 is 8.80 Å². The average molecular weight is 236 g/mol. The molecule has 0 amide bonds. The summed E-state index contributed by atoms with van der Waals surface area (Å²) in [6.45, 7) is 3.27. The zero-order valence-electron chi connectivity index (χ0n) is 9.62. The number of hydrogen-bond acceptors (Lipinski definition) is 6. The normalized spacial score (nSPS) is 19.4. The first-order chi connectivity index (χ1) is 7.26. The molecule has 1 rings (SSSR count). The van der Waals surface area contributed by atoms with E-state index in [2.05, 4.69) is 10.4 Å². The van der Waals surface area contributed by atoms with Crippen molar-refractivity contribution in [3.8, 4) is 0 Å². The highest BCUT2D eigenvalue weighted by Crippen LogP contribution is 2.04. The summed E-state index contributed by atoms with van der Waals surface area (Å²) in [4.78, 5) is 0. The van der Waals surface area contributed by atoms with Crippen molar-refractivity contribution < 1.29 is 18.0 Å². The van der Waals surface area contributed by atoms with Gasteiger partial charge < -0.3 is 18.0 Å². The second kappa shape index (κ2) is 6.54. The van der Waals surface area contributed by atoms with E-state index in [-0.39, 0.29) is 0 Å². The third-order valence-corrected chi connectivity index (χ3v) is 4.92. The number of hydrogen-bond donors (Lipinski definition) is 1. The summed E-state index contributed by atoms with van der Waals surface area (Å²) in [5.74, 6) is 0. The molecular weight excluding hydrogens is 216 g/mol. The molecule has 1 saturated heterocycles. The van der Waals surface area contributed by atoms with Crippen LogP contribution in [0.15, 0.2) is 0 Å². The lowest BCUT2D eigenvalue weighted by atomic mass is 10.5.